The zero-order chi connectivity index (χ0) is 18.0. The standard InChI is InChI=1S/C16H13N3O6/c17-6-10-14(22)19(8-18-10)15-13(21)12(20)11(25-15)7-24-16(23)9-4-2-1-3-5-9/h1-5,11-13,15,20-21H,7H2/t11-,12-,13-,15-/m1/s1. The van der Waals surface area contributed by atoms with Crippen LogP contribution in [0.25, 0.3) is 0 Å². The van der Waals surface area contributed by atoms with E-state index in [2.05, 4.69) is 11.3 Å². The van der Waals surface area contributed by atoms with Gasteiger partial charge in [-0.2, -0.15) is 5.26 Å². The first-order chi connectivity index (χ1) is 12.0. The van der Waals surface area contributed by atoms with Gasteiger partial charge in [0.05, 0.1) is 5.56 Å². The van der Waals surface area contributed by atoms with Crippen LogP contribution in [-0.4, -0.2) is 58.6 Å². The lowest BCUT2D eigenvalue weighted by Gasteiger charge is -2.21. The van der Waals surface area contributed by atoms with E-state index in [1.807, 2.05) is 0 Å². The molecule has 0 radical (unpaired) electrons. The van der Waals surface area contributed by atoms with E-state index in [1.165, 1.54) is 0 Å². The molecule has 2 aliphatic rings. The summed E-state index contributed by atoms with van der Waals surface area (Å²) in [7, 11) is 0. The summed E-state index contributed by atoms with van der Waals surface area (Å²) in [5, 5.41) is 40.7. The molecule has 1 saturated heterocycles. The van der Waals surface area contributed by atoms with Crippen molar-refractivity contribution in [3.05, 3.63) is 47.5 Å². The fraction of sp³-hybridized carbons (Fsp3) is 0.312. The first kappa shape index (κ1) is 16.8. The number of aliphatic imine (C=N–C) groups is 1. The van der Waals surface area contributed by atoms with Gasteiger partial charge in [-0.25, -0.2) is 4.79 Å². The molecule has 9 nitrogen and oxygen atoms in total. The van der Waals surface area contributed by atoms with Gasteiger partial charge in [0.1, 0.15) is 24.9 Å². The first-order valence-corrected chi connectivity index (χ1v) is 7.33. The van der Waals surface area contributed by atoms with E-state index in [1.54, 1.807) is 36.4 Å². The number of aliphatic hydroxyl groups excluding tert-OH is 2. The molecular formula is C16H13N3O6. The summed E-state index contributed by atoms with van der Waals surface area (Å²) in [6, 6.07) is 9.83. The largest absolute Gasteiger partial charge is 0.788 e. The third-order valence-corrected chi connectivity index (χ3v) is 3.78. The summed E-state index contributed by atoms with van der Waals surface area (Å²) in [6.45, 7) is -0.323. The van der Waals surface area contributed by atoms with Crippen LogP contribution in [0.3, 0.4) is 0 Å². The minimum Gasteiger partial charge on any atom is -0.788 e. The van der Waals surface area contributed by atoms with Gasteiger partial charge in [0.15, 0.2) is 12.1 Å². The molecule has 0 unspecified atom stereocenters. The van der Waals surface area contributed by atoms with Crippen LogP contribution in [0.15, 0.2) is 46.9 Å². The molecule has 3 rings (SSSR count). The number of rotatable bonds is 4. The molecule has 25 heavy (non-hydrogen) atoms. The Morgan fingerprint density at radius 1 is 1.40 bits per heavy atom. The molecule has 2 heterocycles. The Labute approximate surface area is 142 Å². The number of esters is 1. The molecule has 128 valence electrons. The van der Waals surface area contributed by atoms with E-state index >= 15 is 0 Å². The maximum absolute atomic E-state index is 11.9. The van der Waals surface area contributed by atoms with Crippen molar-refractivity contribution < 1.29 is 29.6 Å². The molecular weight excluding hydrogens is 330 g/mol. The predicted octanol–water partition coefficient (Wildman–Crippen LogP) is -1.44. The molecule has 0 saturated carbocycles. The van der Waals surface area contributed by atoms with Crippen LogP contribution in [0.5, 0.6) is 0 Å². The topological polar surface area (TPSA) is 138 Å². The summed E-state index contributed by atoms with van der Waals surface area (Å²) in [6.07, 6.45) is -2.93. The van der Waals surface area contributed by atoms with Gasteiger partial charge in [-0.1, -0.05) is 18.2 Å². The minimum absolute atomic E-state index is 0.323. The van der Waals surface area contributed by atoms with Gasteiger partial charge in [0, 0.05) is 0 Å². The highest BCUT2D eigenvalue weighted by atomic mass is 16.6. The van der Waals surface area contributed by atoms with Crippen LogP contribution in [0, 0.1) is 11.3 Å². The highest BCUT2D eigenvalue weighted by molar-refractivity contribution is 5.89. The Hall–Kier alpha value is -3.02. The normalized spacial score (nSPS) is 28.0. The molecule has 0 aromatic heterocycles. The minimum atomic E-state index is -1.47. The number of hydrogen-bond acceptors (Lipinski definition) is 9. The van der Waals surface area contributed by atoms with E-state index in [9.17, 15) is 20.1 Å². The van der Waals surface area contributed by atoms with Gasteiger partial charge >= 0.3 is 11.7 Å². The molecule has 2 N–H and O–H groups in total. The smallest absolute Gasteiger partial charge is 0.338 e. The Balaban J connectivity index is 1.63. The van der Waals surface area contributed by atoms with E-state index in [-0.39, 0.29) is 6.61 Å². The Morgan fingerprint density at radius 3 is 2.76 bits per heavy atom. The van der Waals surface area contributed by atoms with Crippen molar-refractivity contribution in [1.82, 2.24) is 4.90 Å². The number of nitrogens with zero attached hydrogens (tertiary/aromatic N) is 3. The van der Waals surface area contributed by atoms with Gasteiger partial charge in [-0.3, -0.25) is 0 Å². The van der Waals surface area contributed by atoms with E-state index < -0.39 is 42.1 Å². The summed E-state index contributed by atoms with van der Waals surface area (Å²) >= 11 is 0. The Kier molecular flexibility index (Phi) is 4.61. The van der Waals surface area contributed by atoms with Crippen molar-refractivity contribution in [3.8, 4) is 6.07 Å². The van der Waals surface area contributed by atoms with Crippen LogP contribution in [0.2, 0.25) is 0 Å². The lowest BCUT2D eigenvalue weighted by molar-refractivity contribution is -0.335. The molecule has 4 atom stereocenters. The number of aliphatic hydroxyl groups is 2. The van der Waals surface area contributed by atoms with E-state index in [4.69, 9.17) is 14.7 Å². The number of hydrogen-bond donors (Lipinski definition) is 2. The highest BCUT2D eigenvalue weighted by Crippen LogP contribution is 2.27. The van der Waals surface area contributed by atoms with Crippen LogP contribution in [-0.2, 0) is 9.47 Å². The van der Waals surface area contributed by atoms with Crippen LogP contribution >= 0.6 is 0 Å². The van der Waals surface area contributed by atoms with Gasteiger partial charge < -0.3 is 24.8 Å². The van der Waals surface area contributed by atoms with Gasteiger partial charge in [0.2, 0.25) is 6.07 Å². The van der Waals surface area contributed by atoms with Gasteiger partial charge in [-0.15, -0.1) is 4.90 Å². The van der Waals surface area contributed by atoms with Crippen molar-refractivity contribution in [2.75, 3.05) is 6.61 Å². The van der Waals surface area contributed by atoms with Gasteiger partial charge in [0.25, 0.3) is 6.34 Å². The van der Waals surface area contributed by atoms with Crippen molar-refractivity contribution in [1.29, 1.82) is 5.26 Å². The van der Waals surface area contributed by atoms with Gasteiger partial charge in [-0.05, 0) is 17.1 Å². The fourth-order valence-electron chi connectivity index (χ4n) is 2.45. The Bertz CT molecular complexity index is 757. The third kappa shape index (κ3) is 3.15. The lowest BCUT2D eigenvalue weighted by Crippen LogP contribution is -2.44. The van der Waals surface area contributed by atoms with Crippen molar-refractivity contribution in [3.63, 3.8) is 0 Å². The summed E-state index contributed by atoms with van der Waals surface area (Å²) in [5.41, 5.74) is -0.0696. The average molecular weight is 343 g/mol. The fourth-order valence-corrected chi connectivity index (χ4v) is 2.45. The van der Waals surface area contributed by atoms with E-state index in [0.29, 0.717) is 5.56 Å². The number of nitriles is 1. The zero-order valence-corrected chi connectivity index (χ0v) is 12.8. The van der Waals surface area contributed by atoms with Crippen molar-refractivity contribution >= 4 is 12.3 Å². The maximum Gasteiger partial charge on any atom is 0.338 e. The summed E-state index contributed by atoms with van der Waals surface area (Å²) in [4.78, 5) is 16.2. The molecule has 0 spiro atoms. The summed E-state index contributed by atoms with van der Waals surface area (Å²) < 4.78 is 10.5. The SMILES string of the molecule is N#CC1=C([O-])N([C@@H]2O[C@H](COC(=O)c3ccccc3)[C@@H](O)[C@H]2O)[C+]=N1. The van der Waals surface area contributed by atoms with Crippen LogP contribution < -0.4 is 5.11 Å². The predicted molar refractivity (Wildman–Crippen MR) is 79.3 cm³/mol. The lowest BCUT2D eigenvalue weighted by atomic mass is 10.1. The average Bonchev–Trinajstić information content (AvgIpc) is 3.14. The number of benzene rings is 1. The second-order valence-corrected chi connectivity index (χ2v) is 5.36. The molecule has 1 fully saturated rings. The Morgan fingerprint density at radius 2 is 2.12 bits per heavy atom. The molecule has 0 bridgehead atoms. The van der Waals surface area contributed by atoms with Crippen molar-refractivity contribution in [2.45, 2.75) is 24.5 Å². The molecule has 1 aromatic rings. The number of carbonyl (C=O) groups is 1. The number of ether oxygens (including phenoxy) is 2. The zero-order valence-electron chi connectivity index (χ0n) is 12.8. The molecule has 2 aliphatic heterocycles. The maximum atomic E-state index is 11.9. The van der Waals surface area contributed by atoms with E-state index in [0.717, 1.165) is 4.90 Å². The molecule has 0 aliphatic carbocycles. The number of carbonyl (C=O) groups excluding carboxylic acids is 1. The van der Waals surface area contributed by atoms with Crippen LogP contribution in [0.1, 0.15) is 10.4 Å². The first-order valence-electron chi connectivity index (χ1n) is 7.33. The second kappa shape index (κ2) is 6.84. The quantitative estimate of drug-likeness (QED) is 0.501. The number of allylic oxidation sites excluding steroid dienone is 1. The summed E-state index contributed by atoms with van der Waals surface area (Å²) in [5.74, 6) is -1.40. The third-order valence-electron chi connectivity index (χ3n) is 3.78. The molecule has 0 amide bonds. The van der Waals surface area contributed by atoms with Crippen LogP contribution in [0.4, 0.5) is 0 Å². The molecule has 9 heteroatoms. The highest BCUT2D eigenvalue weighted by Gasteiger charge is 2.50. The monoisotopic (exact) mass is 343 g/mol. The molecule has 1 aromatic carbocycles. The second-order valence-electron chi connectivity index (χ2n) is 5.36. The van der Waals surface area contributed by atoms with Crippen molar-refractivity contribution in [2.24, 2.45) is 4.99 Å².